The zero-order valence-corrected chi connectivity index (χ0v) is 9.55. The van der Waals surface area contributed by atoms with E-state index in [0.29, 0.717) is 0 Å². The summed E-state index contributed by atoms with van der Waals surface area (Å²) in [6.07, 6.45) is -1.97. The molecule has 0 saturated carbocycles. The zero-order valence-electron chi connectivity index (χ0n) is 9.55. The average molecular weight is 272 g/mol. The minimum Gasteiger partial charge on any atom is -0.393 e. The second-order valence-electron chi connectivity index (χ2n) is 2.95. The van der Waals surface area contributed by atoms with Gasteiger partial charge in [0.25, 0.3) is 5.78 Å². The summed E-state index contributed by atoms with van der Waals surface area (Å²) in [7, 11) is 0. The van der Waals surface area contributed by atoms with Crippen molar-refractivity contribution in [3.63, 3.8) is 0 Å². The maximum atomic E-state index is 10.3. The first-order valence-electron chi connectivity index (χ1n) is 4.66. The van der Waals surface area contributed by atoms with E-state index in [0.717, 1.165) is 0 Å². The molecular weight excluding hydrogens is 260 g/mol. The molecule has 1 heterocycles. The predicted molar refractivity (Wildman–Crippen MR) is 62.2 cm³/mol. The standard InChI is InChI=1S/C5H6O5.C3H6N6/c6-1-3(8)5(10)4(9)2-7;4-1-7-2(5)9-3(6)8-1/h1,4,7,9H,2H2;(H6,4,5,6,7,8,9). The molecule has 0 radical (unpaired) electrons. The first kappa shape index (κ1) is 16.3. The van der Waals surface area contributed by atoms with Crippen molar-refractivity contribution in [1.82, 2.24) is 15.0 Å². The van der Waals surface area contributed by atoms with Crippen molar-refractivity contribution in [2.45, 2.75) is 6.10 Å². The number of anilines is 3. The van der Waals surface area contributed by atoms with E-state index in [2.05, 4.69) is 15.0 Å². The molecule has 11 heteroatoms. The number of hydrogen-bond acceptors (Lipinski definition) is 11. The Kier molecular flexibility index (Phi) is 6.56. The Hall–Kier alpha value is -2.66. The molecule has 1 unspecified atom stereocenters. The number of rotatable bonds is 4. The van der Waals surface area contributed by atoms with Crippen LogP contribution in [0.4, 0.5) is 17.8 Å². The van der Waals surface area contributed by atoms with Crippen LogP contribution in [-0.2, 0) is 14.4 Å². The third-order valence-corrected chi connectivity index (χ3v) is 1.51. The summed E-state index contributed by atoms with van der Waals surface area (Å²) in [6.45, 7) is -0.849. The molecule has 0 fully saturated rings. The molecule has 0 aliphatic heterocycles. The molecule has 0 aliphatic carbocycles. The number of nitrogens with two attached hydrogens (primary N) is 3. The normalized spacial score (nSPS) is 10.8. The first-order valence-corrected chi connectivity index (χ1v) is 4.66. The Morgan fingerprint density at radius 3 is 1.74 bits per heavy atom. The lowest BCUT2D eigenvalue weighted by molar-refractivity contribution is -0.145. The van der Waals surface area contributed by atoms with Crippen molar-refractivity contribution in [3.8, 4) is 0 Å². The predicted octanol–water partition coefficient (Wildman–Crippen LogP) is -3.71. The van der Waals surface area contributed by atoms with Crippen LogP contribution in [0.3, 0.4) is 0 Å². The highest BCUT2D eigenvalue weighted by atomic mass is 16.3. The Bertz CT molecular complexity index is 428. The number of carbonyl (C=O) groups is 3. The molecule has 1 aromatic heterocycles. The van der Waals surface area contributed by atoms with Crippen LogP contribution in [0.5, 0.6) is 0 Å². The van der Waals surface area contributed by atoms with Crippen LogP contribution in [-0.4, -0.2) is 55.7 Å². The largest absolute Gasteiger partial charge is 0.393 e. The van der Waals surface area contributed by atoms with E-state index in [-0.39, 0.29) is 24.1 Å². The van der Waals surface area contributed by atoms with Crippen molar-refractivity contribution >= 4 is 35.7 Å². The molecule has 11 nitrogen and oxygen atoms in total. The molecule has 0 bridgehead atoms. The highest BCUT2D eigenvalue weighted by molar-refractivity contribution is 6.58. The lowest BCUT2D eigenvalue weighted by Crippen LogP contribution is -2.31. The molecule has 8 N–H and O–H groups in total. The monoisotopic (exact) mass is 272 g/mol. The van der Waals surface area contributed by atoms with Crippen molar-refractivity contribution in [3.05, 3.63) is 0 Å². The van der Waals surface area contributed by atoms with Gasteiger partial charge in [0.15, 0.2) is 6.29 Å². The Morgan fingerprint density at radius 2 is 1.47 bits per heavy atom. The molecule has 0 aliphatic rings. The summed E-state index contributed by atoms with van der Waals surface area (Å²) >= 11 is 0. The molecule has 104 valence electrons. The minimum absolute atomic E-state index is 0.0417. The molecule has 1 aromatic rings. The highest BCUT2D eigenvalue weighted by Crippen LogP contribution is 1.97. The van der Waals surface area contributed by atoms with E-state index in [1.165, 1.54) is 0 Å². The number of aliphatic hydroxyl groups excluding tert-OH is 2. The van der Waals surface area contributed by atoms with E-state index in [1.54, 1.807) is 0 Å². The summed E-state index contributed by atoms with van der Waals surface area (Å²) in [4.78, 5) is 40.5. The van der Waals surface area contributed by atoms with Crippen molar-refractivity contribution in [2.24, 2.45) is 0 Å². The van der Waals surface area contributed by atoms with Crippen molar-refractivity contribution in [2.75, 3.05) is 23.8 Å². The third kappa shape index (κ3) is 5.99. The minimum atomic E-state index is -1.77. The van der Waals surface area contributed by atoms with E-state index in [4.69, 9.17) is 27.4 Å². The van der Waals surface area contributed by atoms with Crippen LogP contribution in [0.1, 0.15) is 0 Å². The number of aldehydes is 1. The fourth-order valence-electron chi connectivity index (χ4n) is 0.732. The molecule has 0 spiro atoms. The van der Waals surface area contributed by atoms with E-state index >= 15 is 0 Å². The number of hydrogen-bond donors (Lipinski definition) is 5. The number of aliphatic hydroxyl groups is 2. The molecule has 0 saturated heterocycles. The van der Waals surface area contributed by atoms with Crippen LogP contribution in [0, 0.1) is 0 Å². The number of aromatic nitrogens is 3. The second kappa shape index (κ2) is 7.62. The number of nitrogens with zero attached hydrogens (tertiary/aromatic N) is 3. The lowest BCUT2D eigenvalue weighted by Gasteiger charge is -1.99. The van der Waals surface area contributed by atoms with Crippen LogP contribution in [0.25, 0.3) is 0 Å². The fourth-order valence-corrected chi connectivity index (χ4v) is 0.732. The summed E-state index contributed by atoms with van der Waals surface area (Å²) in [5.74, 6) is -2.49. The van der Waals surface area contributed by atoms with Crippen LogP contribution < -0.4 is 17.2 Å². The van der Waals surface area contributed by atoms with Gasteiger partial charge in [-0.25, -0.2) is 0 Å². The smallest absolute Gasteiger partial charge is 0.263 e. The Labute approximate surface area is 106 Å². The molecule has 0 amide bonds. The lowest BCUT2D eigenvalue weighted by atomic mass is 10.2. The van der Waals surface area contributed by atoms with Gasteiger partial charge in [-0.1, -0.05) is 0 Å². The first-order chi connectivity index (χ1) is 8.81. The van der Waals surface area contributed by atoms with Gasteiger partial charge in [-0.3, -0.25) is 14.4 Å². The van der Waals surface area contributed by atoms with Gasteiger partial charge in [0, 0.05) is 0 Å². The van der Waals surface area contributed by atoms with E-state index in [9.17, 15) is 14.4 Å². The number of nitrogen functional groups attached to an aromatic ring is 3. The SMILES string of the molecule is Nc1nc(N)nc(N)n1.O=CC(=O)C(=O)C(O)CO. The number of carbonyl (C=O) groups excluding carboxylic acids is 3. The average Bonchev–Trinajstić information content (AvgIpc) is 2.35. The summed E-state index contributed by atoms with van der Waals surface area (Å²) in [5.41, 5.74) is 15.4. The third-order valence-electron chi connectivity index (χ3n) is 1.51. The number of ketones is 2. The maximum Gasteiger partial charge on any atom is 0.263 e. The zero-order chi connectivity index (χ0) is 15.0. The van der Waals surface area contributed by atoms with Gasteiger partial charge < -0.3 is 27.4 Å². The van der Waals surface area contributed by atoms with Crippen LogP contribution in [0.15, 0.2) is 0 Å². The van der Waals surface area contributed by atoms with Gasteiger partial charge >= 0.3 is 0 Å². The second-order valence-corrected chi connectivity index (χ2v) is 2.95. The van der Waals surface area contributed by atoms with E-state index in [1.807, 2.05) is 0 Å². The van der Waals surface area contributed by atoms with Gasteiger partial charge in [-0.05, 0) is 0 Å². The quantitative estimate of drug-likeness (QED) is 0.204. The number of Topliss-reactive ketones (excluding diaryl/α,β-unsaturated/α-hetero) is 2. The van der Waals surface area contributed by atoms with Gasteiger partial charge in [0.2, 0.25) is 23.6 Å². The molecular formula is C8H12N6O5. The Balaban J connectivity index is 0.000000342. The molecule has 1 rings (SSSR count). The van der Waals surface area contributed by atoms with Crippen LogP contribution in [0.2, 0.25) is 0 Å². The summed E-state index contributed by atoms with van der Waals surface area (Å²) in [5, 5.41) is 16.6. The van der Waals surface area contributed by atoms with Gasteiger partial charge in [-0.15, -0.1) is 0 Å². The summed E-state index contributed by atoms with van der Waals surface area (Å²) < 4.78 is 0. The van der Waals surface area contributed by atoms with Crippen LogP contribution >= 0.6 is 0 Å². The molecule has 19 heavy (non-hydrogen) atoms. The molecule has 0 aromatic carbocycles. The summed E-state index contributed by atoms with van der Waals surface area (Å²) in [6, 6.07) is 0. The van der Waals surface area contributed by atoms with Gasteiger partial charge in [-0.2, -0.15) is 15.0 Å². The fraction of sp³-hybridized carbons (Fsp3) is 0.250. The topological polar surface area (TPSA) is 208 Å². The maximum absolute atomic E-state index is 10.3. The van der Waals surface area contributed by atoms with E-state index < -0.39 is 24.3 Å². The van der Waals surface area contributed by atoms with Crippen molar-refractivity contribution < 1.29 is 24.6 Å². The van der Waals surface area contributed by atoms with Crippen molar-refractivity contribution in [1.29, 1.82) is 0 Å². The van der Waals surface area contributed by atoms with Gasteiger partial charge in [0.05, 0.1) is 6.61 Å². The Morgan fingerprint density at radius 1 is 1.11 bits per heavy atom. The molecule has 1 atom stereocenters. The van der Waals surface area contributed by atoms with Gasteiger partial charge in [0.1, 0.15) is 6.10 Å². The highest BCUT2D eigenvalue weighted by Gasteiger charge is 2.20.